The zero-order valence-corrected chi connectivity index (χ0v) is 12.0. The minimum Gasteiger partial charge on any atom is -0.374 e. The molecule has 2 rings (SSSR count). The lowest BCUT2D eigenvalue weighted by molar-refractivity contribution is -0.440. The molecule has 21 heavy (non-hydrogen) atoms. The van der Waals surface area contributed by atoms with Crippen molar-refractivity contribution >= 4 is 11.6 Å². The largest absolute Gasteiger partial charge is 0.374 e. The summed E-state index contributed by atoms with van der Waals surface area (Å²) in [5.74, 6) is 0.139. The maximum Gasteiger partial charge on any atom is 0.314 e. The SMILES string of the molecule is COC1CC(O)NC(NCc2ccc(Cl)nc2)=C1[N+](=O)[O-]. The first-order valence-electron chi connectivity index (χ1n) is 6.21. The second-order valence-corrected chi connectivity index (χ2v) is 4.87. The summed E-state index contributed by atoms with van der Waals surface area (Å²) in [5.41, 5.74) is 0.662. The number of aliphatic hydroxyl groups excluding tert-OH is 1. The van der Waals surface area contributed by atoms with Gasteiger partial charge in [-0.25, -0.2) is 4.98 Å². The number of hydrogen-bond donors (Lipinski definition) is 3. The van der Waals surface area contributed by atoms with Crippen molar-refractivity contribution in [3.05, 3.63) is 50.7 Å². The molecule has 3 N–H and O–H groups in total. The van der Waals surface area contributed by atoms with Gasteiger partial charge in [-0.1, -0.05) is 17.7 Å². The molecule has 0 saturated heterocycles. The maximum atomic E-state index is 11.2. The van der Waals surface area contributed by atoms with Crippen molar-refractivity contribution in [1.29, 1.82) is 0 Å². The van der Waals surface area contributed by atoms with Gasteiger partial charge < -0.3 is 20.5 Å². The number of nitrogens with one attached hydrogen (secondary N) is 2. The summed E-state index contributed by atoms with van der Waals surface area (Å²) in [6, 6.07) is 3.38. The molecule has 0 fully saturated rings. The molecule has 1 aromatic heterocycles. The van der Waals surface area contributed by atoms with Crippen molar-refractivity contribution in [3.63, 3.8) is 0 Å². The molecular formula is C12H15ClN4O4. The average Bonchev–Trinajstić information content (AvgIpc) is 2.45. The van der Waals surface area contributed by atoms with Gasteiger partial charge >= 0.3 is 5.70 Å². The normalized spacial score (nSPS) is 21.9. The number of methoxy groups -OCH3 is 1. The van der Waals surface area contributed by atoms with Crippen LogP contribution in [0.2, 0.25) is 5.15 Å². The Balaban J connectivity index is 2.17. The van der Waals surface area contributed by atoms with Crippen LogP contribution in [-0.2, 0) is 11.3 Å². The summed E-state index contributed by atoms with van der Waals surface area (Å²) < 4.78 is 5.06. The molecule has 114 valence electrons. The van der Waals surface area contributed by atoms with E-state index in [1.54, 1.807) is 18.3 Å². The van der Waals surface area contributed by atoms with Gasteiger partial charge in [-0.3, -0.25) is 10.1 Å². The summed E-state index contributed by atoms with van der Waals surface area (Å²) in [6.45, 7) is 0.299. The zero-order chi connectivity index (χ0) is 15.4. The first-order chi connectivity index (χ1) is 10.0. The van der Waals surface area contributed by atoms with Gasteiger partial charge in [-0.2, -0.15) is 0 Å². The van der Waals surface area contributed by atoms with Gasteiger partial charge in [0.05, 0.1) is 4.92 Å². The Morgan fingerprint density at radius 2 is 2.43 bits per heavy atom. The molecule has 1 aromatic rings. The van der Waals surface area contributed by atoms with E-state index in [9.17, 15) is 15.2 Å². The van der Waals surface area contributed by atoms with Gasteiger partial charge in [0.15, 0.2) is 11.9 Å². The number of ether oxygens (including phenoxy) is 1. The first-order valence-corrected chi connectivity index (χ1v) is 6.59. The van der Waals surface area contributed by atoms with Crippen molar-refractivity contribution < 1.29 is 14.8 Å². The lowest BCUT2D eigenvalue weighted by atomic mass is 10.1. The number of nitro groups is 1. The minimum absolute atomic E-state index is 0.112. The summed E-state index contributed by atoms with van der Waals surface area (Å²) in [7, 11) is 1.37. The Bertz CT molecular complexity index is 549. The van der Waals surface area contributed by atoms with Crippen LogP contribution in [0, 0.1) is 10.1 Å². The molecular weight excluding hydrogens is 300 g/mol. The van der Waals surface area contributed by atoms with Crippen LogP contribution < -0.4 is 10.6 Å². The number of pyridine rings is 1. The fourth-order valence-corrected chi connectivity index (χ4v) is 2.15. The lowest BCUT2D eigenvalue weighted by Gasteiger charge is -2.27. The van der Waals surface area contributed by atoms with E-state index in [4.69, 9.17) is 16.3 Å². The highest BCUT2D eigenvalue weighted by Crippen LogP contribution is 2.20. The third kappa shape index (κ3) is 3.81. The maximum absolute atomic E-state index is 11.2. The number of nitrogens with zero attached hydrogens (tertiary/aromatic N) is 2. The Morgan fingerprint density at radius 1 is 1.67 bits per heavy atom. The van der Waals surface area contributed by atoms with E-state index in [0.717, 1.165) is 5.56 Å². The summed E-state index contributed by atoms with van der Waals surface area (Å²) >= 11 is 5.69. The third-order valence-electron chi connectivity index (χ3n) is 3.05. The predicted molar refractivity (Wildman–Crippen MR) is 74.7 cm³/mol. The van der Waals surface area contributed by atoms with Crippen molar-refractivity contribution in [1.82, 2.24) is 15.6 Å². The van der Waals surface area contributed by atoms with Crippen molar-refractivity contribution in [2.75, 3.05) is 7.11 Å². The van der Waals surface area contributed by atoms with Crippen LogP contribution in [-0.4, -0.2) is 34.5 Å². The van der Waals surface area contributed by atoms with Crippen LogP contribution in [0.4, 0.5) is 0 Å². The molecule has 1 aliphatic heterocycles. The van der Waals surface area contributed by atoms with Gasteiger partial charge in [-0.05, 0) is 11.6 Å². The molecule has 1 aliphatic rings. The lowest BCUT2D eigenvalue weighted by Crippen LogP contribution is -2.46. The van der Waals surface area contributed by atoms with Crippen molar-refractivity contribution in [3.8, 4) is 0 Å². The van der Waals surface area contributed by atoms with Gasteiger partial charge in [-0.15, -0.1) is 0 Å². The number of halogens is 1. The van der Waals surface area contributed by atoms with E-state index < -0.39 is 17.3 Å². The molecule has 0 spiro atoms. The van der Waals surface area contributed by atoms with E-state index in [1.807, 2.05) is 0 Å². The van der Waals surface area contributed by atoms with Crippen LogP contribution in [0.5, 0.6) is 0 Å². The Morgan fingerprint density at radius 3 is 3.00 bits per heavy atom. The fraction of sp³-hybridized carbons (Fsp3) is 0.417. The predicted octanol–water partition coefficient (Wildman–Crippen LogP) is 0.597. The van der Waals surface area contributed by atoms with Crippen molar-refractivity contribution in [2.24, 2.45) is 0 Å². The standard InChI is InChI=1S/C12H15ClN4O4/c1-21-8-4-10(18)16-12(11(8)17(19)20)15-6-7-2-3-9(13)14-5-7/h2-3,5,8,10,15-16,18H,4,6H2,1H3. The van der Waals surface area contributed by atoms with E-state index in [-0.39, 0.29) is 17.9 Å². The number of aliphatic hydroxyl groups is 1. The molecule has 0 radical (unpaired) electrons. The molecule has 0 saturated carbocycles. The van der Waals surface area contributed by atoms with Gasteiger partial charge in [0.1, 0.15) is 11.4 Å². The minimum atomic E-state index is -0.913. The Labute approximate surface area is 125 Å². The van der Waals surface area contributed by atoms with Gasteiger partial charge in [0, 0.05) is 26.3 Å². The van der Waals surface area contributed by atoms with E-state index >= 15 is 0 Å². The second kappa shape index (κ2) is 6.70. The molecule has 0 aromatic carbocycles. The molecule has 2 unspecified atom stereocenters. The molecule has 2 atom stereocenters. The van der Waals surface area contributed by atoms with Crippen LogP contribution in [0.15, 0.2) is 29.8 Å². The third-order valence-corrected chi connectivity index (χ3v) is 3.27. The Hall–Kier alpha value is -1.90. The highest BCUT2D eigenvalue weighted by Gasteiger charge is 2.36. The topological polar surface area (TPSA) is 110 Å². The van der Waals surface area contributed by atoms with Gasteiger partial charge in [0.25, 0.3) is 0 Å². The van der Waals surface area contributed by atoms with E-state index in [1.165, 1.54) is 7.11 Å². The van der Waals surface area contributed by atoms with Crippen LogP contribution in [0.1, 0.15) is 12.0 Å². The van der Waals surface area contributed by atoms with Gasteiger partial charge in [0.2, 0.25) is 0 Å². The second-order valence-electron chi connectivity index (χ2n) is 4.48. The molecule has 0 aliphatic carbocycles. The Kier molecular flexibility index (Phi) is 4.94. The van der Waals surface area contributed by atoms with E-state index in [2.05, 4.69) is 15.6 Å². The molecule has 8 nitrogen and oxygen atoms in total. The first kappa shape index (κ1) is 15.5. The summed E-state index contributed by atoms with van der Waals surface area (Å²) in [6.07, 6.45) is -0.0125. The molecule has 0 amide bonds. The highest BCUT2D eigenvalue weighted by molar-refractivity contribution is 6.29. The average molecular weight is 315 g/mol. The van der Waals surface area contributed by atoms with Crippen LogP contribution in [0.25, 0.3) is 0 Å². The quantitative estimate of drug-likeness (QED) is 0.414. The summed E-state index contributed by atoms with van der Waals surface area (Å²) in [4.78, 5) is 14.6. The fourth-order valence-electron chi connectivity index (χ4n) is 2.03. The molecule has 0 bridgehead atoms. The highest BCUT2D eigenvalue weighted by atomic mass is 35.5. The number of aromatic nitrogens is 1. The van der Waals surface area contributed by atoms with Crippen molar-refractivity contribution in [2.45, 2.75) is 25.3 Å². The smallest absolute Gasteiger partial charge is 0.314 e. The number of rotatable bonds is 5. The molecule has 2 heterocycles. The zero-order valence-electron chi connectivity index (χ0n) is 11.2. The van der Waals surface area contributed by atoms with Crippen LogP contribution in [0.3, 0.4) is 0 Å². The molecule has 9 heteroatoms. The monoisotopic (exact) mass is 314 g/mol. The summed E-state index contributed by atoms with van der Waals surface area (Å²) in [5, 5.41) is 26.8. The number of hydrogen-bond acceptors (Lipinski definition) is 7. The van der Waals surface area contributed by atoms with Crippen LogP contribution >= 0.6 is 11.6 Å². The van der Waals surface area contributed by atoms with E-state index in [0.29, 0.717) is 11.7 Å².